The van der Waals surface area contributed by atoms with Crippen LogP contribution in [0.2, 0.25) is 0 Å². The van der Waals surface area contributed by atoms with E-state index in [2.05, 4.69) is 21.0 Å². The zero-order valence-corrected chi connectivity index (χ0v) is 15.1. The summed E-state index contributed by atoms with van der Waals surface area (Å²) in [5.41, 5.74) is 6.05. The Morgan fingerprint density at radius 3 is 2.03 bits per heavy atom. The van der Waals surface area contributed by atoms with Gasteiger partial charge < -0.3 is 5.11 Å². The molecule has 0 bridgehead atoms. The molecule has 0 aliphatic heterocycles. The Morgan fingerprint density at radius 1 is 0.793 bits per heavy atom. The minimum Gasteiger partial charge on any atom is -0.504 e. The van der Waals surface area contributed by atoms with Crippen molar-refractivity contribution in [2.45, 2.75) is 0 Å². The maximum atomic E-state index is 12.3. The molecule has 0 saturated heterocycles. The highest BCUT2D eigenvalue weighted by Gasteiger charge is 2.18. The predicted octanol–water partition coefficient (Wildman–Crippen LogP) is 1.84. The molecule has 4 rings (SSSR count). The van der Waals surface area contributed by atoms with Crippen LogP contribution in [0.4, 0.5) is 0 Å². The minimum absolute atomic E-state index is 0.214. The molecule has 0 atom stereocenters. The lowest BCUT2D eigenvalue weighted by molar-refractivity contribution is 0.0842. The number of nitrogens with zero attached hydrogens (tertiary/aromatic N) is 4. The van der Waals surface area contributed by atoms with E-state index in [-0.39, 0.29) is 17.0 Å². The smallest absolute Gasteiger partial charge is 0.294 e. The molecular weight excluding hydrogens is 372 g/mol. The van der Waals surface area contributed by atoms with Crippen LogP contribution in [0.25, 0.3) is 11.4 Å². The van der Waals surface area contributed by atoms with Crippen LogP contribution in [-0.2, 0) is 0 Å². The van der Waals surface area contributed by atoms with Gasteiger partial charge in [-0.15, -0.1) is 0 Å². The number of aromatic nitrogens is 4. The van der Waals surface area contributed by atoms with E-state index in [1.807, 2.05) is 48.5 Å². The number of hydrogen-bond donors (Lipinski definition) is 3. The molecular formula is C20H16N6O3. The molecule has 0 aliphatic rings. The number of carbonyl (C=O) groups is 2. The second kappa shape index (κ2) is 7.69. The zero-order chi connectivity index (χ0) is 20.2. The number of nitrogens with one attached hydrogen (secondary N) is 2. The fraction of sp³-hybridized carbons (Fsp3) is 0. The molecule has 9 nitrogen and oxygen atoms in total. The monoisotopic (exact) mass is 388 g/mol. The molecule has 3 N–H and O–H groups in total. The predicted molar refractivity (Wildman–Crippen MR) is 104 cm³/mol. The van der Waals surface area contributed by atoms with Gasteiger partial charge in [0.05, 0.1) is 29.3 Å². The van der Waals surface area contributed by atoms with Gasteiger partial charge in [-0.05, 0) is 24.3 Å². The van der Waals surface area contributed by atoms with Crippen LogP contribution in [0.15, 0.2) is 79.3 Å². The number of para-hydroxylation sites is 2. The SMILES string of the molecule is O=C(NNC(=O)c1nn(-c2ccccc2)cc1O)c1cnn(-c2ccccc2)c1. The van der Waals surface area contributed by atoms with E-state index < -0.39 is 11.8 Å². The molecule has 2 aromatic heterocycles. The molecule has 2 amide bonds. The summed E-state index contributed by atoms with van der Waals surface area (Å²) < 4.78 is 2.92. The molecule has 2 aromatic carbocycles. The third-order valence-corrected chi connectivity index (χ3v) is 4.09. The summed E-state index contributed by atoms with van der Waals surface area (Å²) in [4.78, 5) is 24.6. The fourth-order valence-corrected chi connectivity index (χ4v) is 2.65. The molecule has 144 valence electrons. The summed E-state index contributed by atoms with van der Waals surface area (Å²) >= 11 is 0. The molecule has 0 unspecified atom stereocenters. The van der Waals surface area contributed by atoms with E-state index >= 15 is 0 Å². The second-order valence-electron chi connectivity index (χ2n) is 6.06. The molecule has 0 radical (unpaired) electrons. The van der Waals surface area contributed by atoms with Crippen molar-refractivity contribution < 1.29 is 14.7 Å². The number of hydrazine groups is 1. The summed E-state index contributed by atoms with van der Waals surface area (Å²) in [6.45, 7) is 0. The molecule has 4 aromatic rings. The summed E-state index contributed by atoms with van der Waals surface area (Å²) in [6.07, 6.45) is 4.24. The topological polar surface area (TPSA) is 114 Å². The van der Waals surface area contributed by atoms with E-state index in [1.165, 1.54) is 17.1 Å². The van der Waals surface area contributed by atoms with Crippen molar-refractivity contribution in [2.24, 2.45) is 0 Å². The van der Waals surface area contributed by atoms with Gasteiger partial charge in [0.15, 0.2) is 11.4 Å². The lowest BCUT2D eigenvalue weighted by Gasteiger charge is -2.04. The molecule has 0 fully saturated rings. The first-order chi connectivity index (χ1) is 14.1. The first-order valence-corrected chi connectivity index (χ1v) is 8.66. The first-order valence-electron chi connectivity index (χ1n) is 8.66. The van der Waals surface area contributed by atoms with Gasteiger partial charge in [0.1, 0.15) is 0 Å². The van der Waals surface area contributed by atoms with Gasteiger partial charge in [-0.1, -0.05) is 36.4 Å². The van der Waals surface area contributed by atoms with Crippen LogP contribution >= 0.6 is 0 Å². The van der Waals surface area contributed by atoms with E-state index in [0.29, 0.717) is 5.69 Å². The highest BCUT2D eigenvalue weighted by molar-refractivity contribution is 5.99. The molecule has 2 heterocycles. The highest BCUT2D eigenvalue weighted by atomic mass is 16.3. The Morgan fingerprint density at radius 2 is 1.38 bits per heavy atom. The Bertz CT molecular complexity index is 1150. The van der Waals surface area contributed by atoms with Crippen LogP contribution in [0.3, 0.4) is 0 Å². The summed E-state index contributed by atoms with van der Waals surface area (Å²) in [5, 5.41) is 18.2. The van der Waals surface area contributed by atoms with Crippen molar-refractivity contribution in [3.63, 3.8) is 0 Å². The van der Waals surface area contributed by atoms with Gasteiger partial charge >= 0.3 is 0 Å². The number of aromatic hydroxyl groups is 1. The van der Waals surface area contributed by atoms with Crippen LogP contribution in [0.5, 0.6) is 5.75 Å². The molecule has 9 heteroatoms. The van der Waals surface area contributed by atoms with Crippen molar-refractivity contribution >= 4 is 11.8 Å². The largest absolute Gasteiger partial charge is 0.504 e. The van der Waals surface area contributed by atoms with E-state index in [1.54, 1.807) is 23.0 Å². The van der Waals surface area contributed by atoms with Crippen molar-refractivity contribution in [3.8, 4) is 17.1 Å². The van der Waals surface area contributed by atoms with Gasteiger partial charge in [-0.25, -0.2) is 9.36 Å². The van der Waals surface area contributed by atoms with E-state index in [0.717, 1.165) is 5.69 Å². The fourth-order valence-electron chi connectivity index (χ4n) is 2.65. The quantitative estimate of drug-likeness (QED) is 0.462. The normalized spacial score (nSPS) is 10.5. The van der Waals surface area contributed by atoms with Crippen molar-refractivity contribution in [2.75, 3.05) is 0 Å². The third-order valence-electron chi connectivity index (χ3n) is 4.09. The third kappa shape index (κ3) is 3.83. The number of rotatable bonds is 4. The average Bonchev–Trinajstić information content (AvgIpc) is 3.40. The molecule has 0 aliphatic carbocycles. The average molecular weight is 388 g/mol. The number of benzene rings is 2. The van der Waals surface area contributed by atoms with Gasteiger partial charge in [0, 0.05) is 6.20 Å². The van der Waals surface area contributed by atoms with Crippen molar-refractivity contribution in [1.82, 2.24) is 30.4 Å². The lowest BCUT2D eigenvalue weighted by Crippen LogP contribution is -2.41. The number of hydrogen-bond acceptors (Lipinski definition) is 5. The van der Waals surface area contributed by atoms with Crippen molar-refractivity contribution in [1.29, 1.82) is 0 Å². The van der Waals surface area contributed by atoms with Crippen LogP contribution < -0.4 is 10.9 Å². The van der Waals surface area contributed by atoms with E-state index in [9.17, 15) is 14.7 Å². The molecule has 29 heavy (non-hydrogen) atoms. The lowest BCUT2D eigenvalue weighted by atomic mass is 10.3. The molecule has 0 saturated carbocycles. The van der Waals surface area contributed by atoms with Gasteiger partial charge in [-0.2, -0.15) is 10.2 Å². The van der Waals surface area contributed by atoms with Crippen molar-refractivity contribution in [3.05, 3.63) is 90.5 Å². The van der Waals surface area contributed by atoms with Crippen LogP contribution in [-0.4, -0.2) is 36.5 Å². The van der Waals surface area contributed by atoms with E-state index in [4.69, 9.17) is 0 Å². The zero-order valence-electron chi connectivity index (χ0n) is 15.1. The maximum Gasteiger partial charge on any atom is 0.294 e. The Balaban J connectivity index is 1.42. The number of carbonyl (C=O) groups excluding carboxylic acids is 2. The summed E-state index contributed by atoms with van der Waals surface area (Å²) in [5.74, 6) is -1.61. The highest BCUT2D eigenvalue weighted by Crippen LogP contribution is 2.17. The number of amides is 2. The standard InChI is InChI=1S/C20H16N6O3/c27-17-13-26(16-9-5-2-6-10-16)24-18(17)20(29)23-22-19(28)14-11-21-25(12-14)15-7-3-1-4-8-15/h1-13,27H,(H,22,28)(H,23,29). The Kier molecular flexibility index (Phi) is 4.77. The first kappa shape index (κ1) is 18.0. The van der Waals surface area contributed by atoms with Gasteiger partial charge in [-0.3, -0.25) is 20.4 Å². The van der Waals surface area contributed by atoms with Gasteiger partial charge in [0.2, 0.25) is 0 Å². The summed E-state index contributed by atoms with van der Waals surface area (Å²) in [6, 6.07) is 18.3. The summed E-state index contributed by atoms with van der Waals surface area (Å²) in [7, 11) is 0. The van der Waals surface area contributed by atoms with Gasteiger partial charge in [0.25, 0.3) is 11.8 Å². The van der Waals surface area contributed by atoms with Crippen LogP contribution in [0, 0.1) is 0 Å². The maximum absolute atomic E-state index is 12.3. The Hall–Kier alpha value is -4.40. The van der Waals surface area contributed by atoms with Crippen LogP contribution in [0.1, 0.15) is 20.8 Å². The Labute approximate surface area is 165 Å². The second-order valence-corrected chi connectivity index (χ2v) is 6.06. The minimum atomic E-state index is -0.749. The molecule has 0 spiro atoms.